The molecule has 6 rings (SSSR count). The molecule has 6 nitrogen and oxygen atoms in total. The summed E-state index contributed by atoms with van der Waals surface area (Å²) in [6.07, 6.45) is 3.03. The molecule has 0 aliphatic carbocycles. The first-order valence-corrected chi connectivity index (χ1v) is 12.6. The van der Waals surface area contributed by atoms with Crippen molar-refractivity contribution in [1.82, 2.24) is 9.80 Å². The van der Waals surface area contributed by atoms with Crippen molar-refractivity contribution < 1.29 is 14.2 Å². The highest BCUT2D eigenvalue weighted by Gasteiger charge is 2.46. The lowest BCUT2D eigenvalue weighted by Gasteiger charge is -2.47. The maximum Gasteiger partial charge on any atom is 0.231 e. The Hall–Kier alpha value is -1.99. The first-order valence-electron chi connectivity index (χ1n) is 11.5. The largest absolute Gasteiger partial charge is 0.495 e. The molecule has 0 unspecified atom stereocenters. The van der Waals surface area contributed by atoms with Gasteiger partial charge in [0.05, 0.1) is 12.8 Å². The Bertz CT molecular complexity index is 1170. The van der Waals surface area contributed by atoms with E-state index in [9.17, 15) is 0 Å². The highest BCUT2D eigenvalue weighted by molar-refractivity contribution is 6.68. The van der Waals surface area contributed by atoms with Crippen LogP contribution >= 0.6 is 34.8 Å². The number of piperazine rings is 1. The molecule has 9 heteroatoms. The summed E-state index contributed by atoms with van der Waals surface area (Å²) in [6, 6.07) is 7.78. The predicted molar refractivity (Wildman–Crippen MR) is 137 cm³/mol. The summed E-state index contributed by atoms with van der Waals surface area (Å²) in [5.41, 5.74) is 6.43. The Morgan fingerprint density at radius 2 is 1.74 bits per heavy atom. The van der Waals surface area contributed by atoms with Gasteiger partial charge in [-0.3, -0.25) is 0 Å². The van der Waals surface area contributed by atoms with E-state index in [4.69, 9.17) is 49.0 Å². The highest BCUT2D eigenvalue weighted by Crippen LogP contribution is 2.56. The Morgan fingerprint density at radius 3 is 2.44 bits per heavy atom. The van der Waals surface area contributed by atoms with E-state index in [0.717, 1.165) is 84.5 Å². The molecule has 0 N–H and O–H groups in total. The van der Waals surface area contributed by atoms with E-state index in [2.05, 4.69) is 46.0 Å². The second kappa shape index (κ2) is 8.30. The minimum atomic E-state index is -1.55. The predicted octanol–water partition coefficient (Wildman–Crippen LogP) is 4.96. The van der Waals surface area contributed by atoms with Crippen molar-refractivity contribution in [3.8, 4) is 17.2 Å². The number of halogens is 3. The van der Waals surface area contributed by atoms with Crippen LogP contribution in [0.5, 0.6) is 17.2 Å². The zero-order valence-electron chi connectivity index (χ0n) is 19.1. The number of hydrogen-bond donors (Lipinski definition) is 0. The molecule has 180 valence electrons. The van der Waals surface area contributed by atoms with Gasteiger partial charge >= 0.3 is 0 Å². The molecule has 0 spiro atoms. The molecule has 0 saturated carbocycles. The fourth-order valence-electron chi connectivity index (χ4n) is 5.56. The fraction of sp³-hybridized carbons (Fsp3) is 0.440. The van der Waals surface area contributed by atoms with Gasteiger partial charge in [-0.05, 0) is 48.9 Å². The van der Waals surface area contributed by atoms with E-state index in [-0.39, 0.29) is 6.79 Å². The molecule has 34 heavy (non-hydrogen) atoms. The Morgan fingerprint density at radius 1 is 1.00 bits per heavy atom. The zero-order valence-corrected chi connectivity index (χ0v) is 21.4. The molecule has 1 atom stereocenters. The van der Waals surface area contributed by atoms with Gasteiger partial charge in [-0.25, -0.2) is 0 Å². The van der Waals surface area contributed by atoms with Gasteiger partial charge in [-0.2, -0.15) is 0 Å². The average Bonchev–Trinajstić information content (AvgIpc) is 3.28. The maximum atomic E-state index is 6.76. The lowest BCUT2D eigenvalue weighted by molar-refractivity contribution is 0.174. The number of methoxy groups -OCH3 is 1. The van der Waals surface area contributed by atoms with E-state index in [1.807, 2.05) is 6.07 Å². The summed E-state index contributed by atoms with van der Waals surface area (Å²) in [4.78, 5) is 6.93. The van der Waals surface area contributed by atoms with Crippen molar-refractivity contribution >= 4 is 52.3 Å². The van der Waals surface area contributed by atoms with Gasteiger partial charge in [0.15, 0.2) is 11.5 Å². The topological polar surface area (TPSA) is 37.4 Å². The van der Waals surface area contributed by atoms with Crippen LogP contribution in [0.15, 0.2) is 24.3 Å². The van der Waals surface area contributed by atoms with Crippen molar-refractivity contribution in [3.05, 3.63) is 46.5 Å². The molecule has 0 aromatic heterocycles. The van der Waals surface area contributed by atoms with Gasteiger partial charge in [0.1, 0.15) is 11.8 Å². The number of anilines is 1. The van der Waals surface area contributed by atoms with Crippen molar-refractivity contribution in [3.63, 3.8) is 0 Å². The Kier molecular flexibility index (Phi) is 5.49. The summed E-state index contributed by atoms with van der Waals surface area (Å²) in [6.45, 7) is 4.69. The van der Waals surface area contributed by atoms with Gasteiger partial charge in [0.2, 0.25) is 10.6 Å². The summed E-state index contributed by atoms with van der Waals surface area (Å²) in [7, 11) is 3.85. The Labute approximate surface area is 214 Å². The number of ether oxygens (including phenoxy) is 3. The van der Waals surface area contributed by atoms with Crippen molar-refractivity contribution in [1.29, 1.82) is 0 Å². The monoisotopic (exact) mass is 521 g/mol. The molecule has 0 bridgehead atoms. The first kappa shape index (κ1) is 22.5. The average molecular weight is 523 g/mol. The van der Waals surface area contributed by atoms with Crippen LogP contribution in [0.1, 0.15) is 28.3 Å². The van der Waals surface area contributed by atoms with E-state index < -0.39 is 9.83 Å². The summed E-state index contributed by atoms with van der Waals surface area (Å²) in [5.74, 6) is 2.36. The van der Waals surface area contributed by atoms with E-state index in [1.165, 1.54) is 5.56 Å². The maximum absolute atomic E-state index is 6.76. The molecule has 2 aromatic carbocycles. The third-order valence-corrected chi connectivity index (χ3v) is 7.87. The summed E-state index contributed by atoms with van der Waals surface area (Å²) in [5, 5.41) is 0. The third kappa shape index (κ3) is 3.58. The lowest BCUT2D eigenvalue weighted by atomic mass is 9.85. The number of benzene rings is 2. The quantitative estimate of drug-likeness (QED) is 0.519. The van der Waals surface area contributed by atoms with Crippen LogP contribution < -0.4 is 19.1 Å². The normalized spacial score (nSPS) is 21.6. The lowest BCUT2D eigenvalue weighted by Crippen LogP contribution is -2.47. The SMILES string of the molecule is COc1ccc2c(c1N1CCN(C)CC1)[C@H](C(Cl)(Cl)Cl)N1CCc3cc4c(cc3C1=C2)OCO4. The van der Waals surface area contributed by atoms with Gasteiger partial charge in [-0.15, -0.1) is 0 Å². The smallest absolute Gasteiger partial charge is 0.231 e. The molecule has 0 amide bonds. The van der Waals surface area contributed by atoms with E-state index >= 15 is 0 Å². The number of fused-ring (bicyclic) bond motifs is 5. The Balaban J connectivity index is 1.55. The van der Waals surface area contributed by atoms with E-state index in [0.29, 0.717) is 0 Å². The van der Waals surface area contributed by atoms with Gasteiger partial charge in [0, 0.05) is 49.5 Å². The molecular formula is C25H26Cl3N3O3. The fourth-order valence-corrected chi connectivity index (χ4v) is 6.24. The van der Waals surface area contributed by atoms with Crippen molar-refractivity contribution in [2.45, 2.75) is 16.3 Å². The van der Waals surface area contributed by atoms with Crippen LogP contribution in [0, 0.1) is 0 Å². The minimum Gasteiger partial charge on any atom is -0.495 e. The molecule has 4 aliphatic rings. The van der Waals surface area contributed by atoms with Gasteiger partial charge in [0.25, 0.3) is 0 Å². The van der Waals surface area contributed by atoms with Crippen LogP contribution in [0.25, 0.3) is 11.8 Å². The molecule has 2 aromatic rings. The molecule has 1 fully saturated rings. The van der Waals surface area contributed by atoms with Crippen LogP contribution in [0.3, 0.4) is 0 Å². The summed E-state index contributed by atoms with van der Waals surface area (Å²) < 4.78 is 15.6. The molecular weight excluding hydrogens is 497 g/mol. The van der Waals surface area contributed by atoms with Crippen LogP contribution in [-0.2, 0) is 6.42 Å². The minimum absolute atomic E-state index is 0.245. The van der Waals surface area contributed by atoms with Gasteiger partial charge < -0.3 is 28.9 Å². The molecule has 4 heterocycles. The molecule has 0 radical (unpaired) electrons. The zero-order chi connectivity index (χ0) is 23.6. The number of likely N-dealkylation sites (N-methyl/N-ethyl adjacent to an activating group) is 1. The standard InChI is InChI=1S/C25H26Cl3N3O3/c1-29-7-9-30(10-8-29)23-19(32-2)4-3-16-11-18-17-13-21-20(33-14-34-21)12-15(17)5-6-31(18)24(22(16)23)25(26,27)28/h3-4,11-13,24H,5-10,14H2,1-2H3/t24-/m1/s1. The van der Waals surface area contributed by atoms with Gasteiger partial charge in [-0.1, -0.05) is 40.9 Å². The van der Waals surface area contributed by atoms with Crippen LogP contribution in [-0.4, -0.2) is 67.3 Å². The van der Waals surface area contributed by atoms with Crippen molar-refractivity contribution in [2.24, 2.45) is 0 Å². The van der Waals surface area contributed by atoms with Crippen LogP contribution in [0.2, 0.25) is 0 Å². The molecule has 4 aliphatic heterocycles. The number of alkyl halides is 3. The molecule has 1 saturated heterocycles. The summed E-state index contributed by atoms with van der Waals surface area (Å²) >= 11 is 20.3. The van der Waals surface area contributed by atoms with E-state index in [1.54, 1.807) is 7.11 Å². The third-order valence-electron chi connectivity index (χ3n) is 7.25. The van der Waals surface area contributed by atoms with Crippen LogP contribution in [0.4, 0.5) is 5.69 Å². The first-order chi connectivity index (χ1) is 16.3. The van der Waals surface area contributed by atoms with Crippen molar-refractivity contribution in [2.75, 3.05) is 58.6 Å². The number of nitrogens with zero attached hydrogens (tertiary/aromatic N) is 3. The second-order valence-corrected chi connectivity index (χ2v) is 11.6. The number of hydrogen-bond acceptors (Lipinski definition) is 6. The number of rotatable bonds is 2. The highest BCUT2D eigenvalue weighted by atomic mass is 35.6. The second-order valence-electron chi connectivity index (χ2n) is 9.19.